The van der Waals surface area contributed by atoms with Crippen molar-refractivity contribution in [3.63, 3.8) is 0 Å². The second-order valence-corrected chi connectivity index (χ2v) is 8.26. The maximum Gasteiger partial charge on any atom is 0.329 e. The molecule has 30 heavy (non-hydrogen) atoms. The first-order valence-corrected chi connectivity index (χ1v) is 11.2. The molecule has 2 atom stereocenters. The third-order valence-electron chi connectivity index (χ3n) is 5.67. The first-order valence-electron chi connectivity index (χ1n) is 11.2. The number of fused-ring (bicyclic) bond motifs is 1. The van der Waals surface area contributed by atoms with Gasteiger partial charge in [0.15, 0.2) is 11.7 Å². The lowest BCUT2D eigenvalue weighted by Crippen LogP contribution is -2.36. The molecule has 0 aliphatic carbocycles. The lowest BCUT2D eigenvalue weighted by Gasteiger charge is -2.33. The fourth-order valence-corrected chi connectivity index (χ4v) is 4.00. The van der Waals surface area contributed by atoms with E-state index in [0.717, 1.165) is 44.3 Å². The van der Waals surface area contributed by atoms with Crippen LogP contribution in [0.5, 0.6) is 0 Å². The zero-order valence-electron chi connectivity index (χ0n) is 18.1. The number of nitriles is 1. The number of esters is 1. The van der Waals surface area contributed by atoms with Crippen LogP contribution in [0.3, 0.4) is 0 Å². The van der Waals surface area contributed by atoms with E-state index in [0.29, 0.717) is 29.6 Å². The summed E-state index contributed by atoms with van der Waals surface area (Å²) in [5.41, 5.74) is 1.88. The number of unbranched alkanes of at least 4 members (excludes halogenated alkanes) is 4. The zero-order valence-corrected chi connectivity index (χ0v) is 18.1. The van der Waals surface area contributed by atoms with Crippen molar-refractivity contribution in [2.45, 2.75) is 64.7 Å². The number of aromatic nitrogens is 2. The average Bonchev–Trinajstić information content (AvgIpc) is 2.76. The number of rotatable bonds is 9. The summed E-state index contributed by atoms with van der Waals surface area (Å²) in [6, 6.07) is 9.72. The van der Waals surface area contributed by atoms with Gasteiger partial charge in [-0.05, 0) is 37.3 Å². The van der Waals surface area contributed by atoms with Crippen LogP contribution >= 0.6 is 0 Å². The lowest BCUT2D eigenvalue weighted by atomic mass is 9.99. The van der Waals surface area contributed by atoms with Gasteiger partial charge in [0.1, 0.15) is 5.69 Å². The maximum absolute atomic E-state index is 12.8. The van der Waals surface area contributed by atoms with Crippen molar-refractivity contribution in [3.05, 3.63) is 30.0 Å². The second-order valence-electron chi connectivity index (χ2n) is 8.26. The fourth-order valence-electron chi connectivity index (χ4n) is 4.00. The number of benzene rings is 1. The van der Waals surface area contributed by atoms with E-state index in [2.05, 4.69) is 24.8 Å². The van der Waals surface area contributed by atoms with Gasteiger partial charge in [0, 0.05) is 13.1 Å². The smallest absolute Gasteiger partial charge is 0.329 e. The molecule has 0 unspecified atom stereocenters. The van der Waals surface area contributed by atoms with Crippen LogP contribution in [0, 0.1) is 17.2 Å². The van der Waals surface area contributed by atoms with E-state index in [1.807, 2.05) is 24.3 Å². The van der Waals surface area contributed by atoms with Gasteiger partial charge >= 0.3 is 5.97 Å². The molecule has 0 spiro atoms. The molecule has 0 N–H and O–H groups in total. The minimum atomic E-state index is -1.06. The van der Waals surface area contributed by atoms with Gasteiger partial charge in [-0.2, -0.15) is 5.26 Å². The quantitative estimate of drug-likeness (QED) is 0.430. The third-order valence-corrected chi connectivity index (χ3v) is 5.67. The van der Waals surface area contributed by atoms with Gasteiger partial charge in [-0.1, -0.05) is 51.7 Å². The highest BCUT2D eigenvalue weighted by Gasteiger charge is 2.31. The molecule has 1 aliphatic rings. The Morgan fingerprint density at radius 1 is 1.23 bits per heavy atom. The van der Waals surface area contributed by atoms with Crippen LogP contribution < -0.4 is 4.90 Å². The van der Waals surface area contributed by atoms with E-state index in [9.17, 15) is 10.1 Å². The molecule has 1 aliphatic heterocycles. The minimum Gasteiger partial charge on any atom is -0.464 e. The molecule has 0 saturated carbocycles. The summed E-state index contributed by atoms with van der Waals surface area (Å²) in [6.07, 6.45) is 7.61. The molecule has 1 fully saturated rings. The Morgan fingerprint density at radius 3 is 2.67 bits per heavy atom. The van der Waals surface area contributed by atoms with Crippen LogP contribution in [0.2, 0.25) is 0 Å². The topological polar surface area (TPSA) is 79.1 Å². The Hall–Kier alpha value is -2.68. The molecule has 0 bridgehead atoms. The Labute approximate surface area is 179 Å². The van der Waals surface area contributed by atoms with Crippen molar-refractivity contribution in [2.75, 3.05) is 24.6 Å². The predicted octanol–water partition coefficient (Wildman–Crippen LogP) is 4.99. The molecule has 3 rings (SSSR count). The lowest BCUT2D eigenvalue weighted by molar-refractivity contribution is -0.144. The Bertz CT molecular complexity index is 892. The van der Waals surface area contributed by atoms with E-state index in [1.165, 1.54) is 19.3 Å². The van der Waals surface area contributed by atoms with Crippen molar-refractivity contribution in [3.8, 4) is 6.07 Å². The van der Waals surface area contributed by atoms with E-state index in [-0.39, 0.29) is 0 Å². The number of nitrogens with zero attached hydrogens (tertiary/aromatic N) is 4. The fraction of sp³-hybridized carbons (Fsp3) is 0.583. The largest absolute Gasteiger partial charge is 0.464 e. The summed E-state index contributed by atoms with van der Waals surface area (Å²) in [7, 11) is 0. The van der Waals surface area contributed by atoms with Gasteiger partial charge < -0.3 is 9.64 Å². The molecule has 6 nitrogen and oxygen atoms in total. The van der Waals surface area contributed by atoms with Crippen LogP contribution in [0.1, 0.15) is 70.4 Å². The molecule has 160 valence electrons. The van der Waals surface area contributed by atoms with E-state index in [4.69, 9.17) is 14.7 Å². The monoisotopic (exact) mass is 408 g/mol. The molecule has 1 aromatic heterocycles. The summed E-state index contributed by atoms with van der Waals surface area (Å²) in [5.74, 6) is -0.406. The van der Waals surface area contributed by atoms with Crippen molar-refractivity contribution in [2.24, 2.45) is 5.92 Å². The van der Waals surface area contributed by atoms with Gasteiger partial charge in [-0.15, -0.1) is 0 Å². The molecule has 2 aromatic rings. The number of hydrogen-bond donors (Lipinski definition) is 0. The molecule has 6 heteroatoms. The first kappa shape index (κ1) is 22.0. The summed E-state index contributed by atoms with van der Waals surface area (Å²) in [4.78, 5) is 24.5. The van der Waals surface area contributed by atoms with Crippen LogP contribution in [0.25, 0.3) is 11.0 Å². The normalized spacial score (nSPS) is 17.5. The number of carbonyl (C=O) groups is 1. The highest BCUT2D eigenvalue weighted by Crippen LogP contribution is 2.30. The van der Waals surface area contributed by atoms with Crippen LogP contribution in [-0.4, -0.2) is 35.6 Å². The van der Waals surface area contributed by atoms with Gasteiger partial charge in [-0.3, -0.25) is 4.79 Å². The standard InChI is InChI=1S/C24H32N4O2/c1-3-4-5-6-9-15-30-24(29)19(16-25)22-23(28-14-10-11-18(2)17-28)27-21-13-8-7-12-20(21)26-22/h7-8,12-13,18-19H,3-6,9-11,14-15,17H2,1-2H3/t18-,19-/m0/s1. The molecular weight excluding hydrogens is 376 g/mol. The second kappa shape index (κ2) is 10.9. The molecular formula is C24H32N4O2. The molecule has 0 radical (unpaired) electrons. The molecule has 1 saturated heterocycles. The Kier molecular flexibility index (Phi) is 8.01. The van der Waals surface area contributed by atoms with E-state index >= 15 is 0 Å². The highest BCUT2D eigenvalue weighted by molar-refractivity contribution is 5.85. The predicted molar refractivity (Wildman–Crippen MR) is 118 cm³/mol. The SMILES string of the molecule is CCCCCCCOC(=O)[C@@H](C#N)c1nc2ccccc2nc1N1CCC[C@H](C)C1. The maximum atomic E-state index is 12.8. The van der Waals surface area contributed by atoms with Gasteiger partial charge in [0.25, 0.3) is 0 Å². The number of anilines is 1. The number of ether oxygens (including phenoxy) is 1. The van der Waals surface area contributed by atoms with E-state index < -0.39 is 11.9 Å². The van der Waals surface area contributed by atoms with Crippen LogP contribution in [0.4, 0.5) is 5.82 Å². The number of carbonyl (C=O) groups excluding carboxylic acids is 1. The zero-order chi connectivity index (χ0) is 21.3. The average molecular weight is 409 g/mol. The van der Waals surface area contributed by atoms with Gasteiger partial charge in [0.2, 0.25) is 0 Å². The summed E-state index contributed by atoms with van der Waals surface area (Å²) >= 11 is 0. The van der Waals surface area contributed by atoms with Gasteiger partial charge in [0.05, 0.1) is 23.7 Å². The number of hydrogen-bond acceptors (Lipinski definition) is 6. The number of piperidine rings is 1. The van der Waals surface area contributed by atoms with Crippen molar-refractivity contribution >= 4 is 22.8 Å². The van der Waals surface area contributed by atoms with Crippen LogP contribution in [-0.2, 0) is 9.53 Å². The number of para-hydroxylation sites is 2. The van der Waals surface area contributed by atoms with Crippen molar-refractivity contribution < 1.29 is 9.53 Å². The van der Waals surface area contributed by atoms with Gasteiger partial charge in [-0.25, -0.2) is 9.97 Å². The third kappa shape index (κ3) is 5.47. The molecule has 0 amide bonds. The summed E-state index contributed by atoms with van der Waals surface area (Å²) in [6.45, 7) is 6.44. The minimum absolute atomic E-state index is 0.345. The van der Waals surface area contributed by atoms with Crippen molar-refractivity contribution in [1.82, 2.24) is 9.97 Å². The summed E-state index contributed by atoms with van der Waals surface area (Å²) < 4.78 is 5.46. The molecule has 1 aromatic carbocycles. The highest BCUT2D eigenvalue weighted by atomic mass is 16.5. The van der Waals surface area contributed by atoms with Crippen LogP contribution in [0.15, 0.2) is 24.3 Å². The molecule has 2 heterocycles. The Morgan fingerprint density at radius 2 is 1.97 bits per heavy atom. The Balaban J connectivity index is 1.83. The first-order chi connectivity index (χ1) is 14.6. The summed E-state index contributed by atoms with van der Waals surface area (Å²) in [5, 5.41) is 9.83. The van der Waals surface area contributed by atoms with E-state index in [1.54, 1.807) is 0 Å². The van der Waals surface area contributed by atoms with Crippen molar-refractivity contribution in [1.29, 1.82) is 5.26 Å².